The average molecular weight is 362 g/mol. The van der Waals surface area contributed by atoms with Crippen LogP contribution in [-0.4, -0.2) is 63.8 Å². The zero-order chi connectivity index (χ0) is 19.0. The van der Waals surface area contributed by atoms with E-state index in [1.54, 1.807) is 20.8 Å². The minimum atomic E-state index is -0.502. The maximum atomic E-state index is 11.4. The number of carbonyl (C=O) groups is 2. The molecule has 0 radical (unpaired) electrons. The van der Waals surface area contributed by atoms with Gasteiger partial charge in [-0.2, -0.15) is 0 Å². The van der Waals surface area contributed by atoms with Crippen LogP contribution in [0.25, 0.3) is 0 Å². The van der Waals surface area contributed by atoms with Gasteiger partial charge >= 0.3 is 11.9 Å². The summed E-state index contributed by atoms with van der Waals surface area (Å²) in [5, 5.41) is 0. The number of rotatable bonds is 15. The molecule has 0 fully saturated rings. The summed E-state index contributed by atoms with van der Waals surface area (Å²) >= 11 is 0. The van der Waals surface area contributed by atoms with E-state index in [9.17, 15) is 9.59 Å². The molecule has 0 spiro atoms. The molecule has 0 aromatic carbocycles. The molecule has 0 aromatic rings. The first-order valence-corrected chi connectivity index (χ1v) is 8.96. The lowest BCUT2D eigenvalue weighted by atomic mass is 10.2. The van der Waals surface area contributed by atoms with Gasteiger partial charge < -0.3 is 23.7 Å². The van der Waals surface area contributed by atoms with E-state index in [-0.39, 0.29) is 25.2 Å². The zero-order valence-electron chi connectivity index (χ0n) is 16.1. The SMILES string of the molecule is CCCCCC(=O)OCCOCCOCCOCC(=O)OC(C)(C)C. The molecule has 0 heterocycles. The van der Waals surface area contributed by atoms with E-state index in [0.717, 1.165) is 19.3 Å². The first kappa shape index (κ1) is 23.8. The maximum Gasteiger partial charge on any atom is 0.332 e. The maximum absolute atomic E-state index is 11.4. The average Bonchev–Trinajstić information content (AvgIpc) is 2.51. The third-order valence-electron chi connectivity index (χ3n) is 2.86. The van der Waals surface area contributed by atoms with Crippen LogP contribution in [0.5, 0.6) is 0 Å². The third-order valence-corrected chi connectivity index (χ3v) is 2.86. The van der Waals surface area contributed by atoms with Gasteiger partial charge in [-0.1, -0.05) is 19.8 Å². The molecule has 0 rings (SSSR count). The van der Waals surface area contributed by atoms with Crippen molar-refractivity contribution in [1.29, 1.82) is 0 Å². The summed E-state index contributed by atoms with van der Waals surface area (Å²) in [7, 11) is 0. The summed E-state index contributed by atoms with van der Waals surface area (Å²) < 4.78 is 25.9. The fourth-order valence-electron chi connectivity index (χ4n) is 1.77. The predicted molar refractivity (Wildman–Crippen MR) is 93.4 cm³/mol. The van der Waals surface area contributed by atoms with Gasteiger partial charge in [0.1, 0.15) is 18.8 Å². The summed E-state index contributed by atoms with van der Waals surface area (Å²) in [5.74, 6) is -0.560. The Morgan fingerprint density at radius 2 is 1.32 bits per heavy atom. The molecule has 0 saturated heterocycles. The lowest BCUT2D eigenvalue weighted by molar-refractivity contribution is -0.160. The van der Waals surface area contributed by atoms with Gasteiger partial charge in [-0.25, -0.2) is 4.79 Å². The fourth-order valence-corrected chi connectivity index (χ4v) is 1.77. The van der Waals surface area contributed by atoms with Crippen molar-refractivity contribution in [3.8, 4) is 0 Å². The molecule has 0 unspecified atom stereocenters. The van der Waals surface area contributed by atoms with E-state index in [4.69, 9.17) is 23.7 Å². The standard InChI is InChI=1S/C18H34O7/c1-5-6-7-8-16(19)24-14-13-22-10-9-21-11-12-23-15-17(20)25-18(2,3)4/h5-15H2,1-4H3. The summed E-state index contributed by atoms with van der Waals surface area (Å²) in [5.41, 5.74) is -0.502. The van der Waals surface area contributed by atoms with E-state index in [1.807, 2.05) is 0 Å². The highest BCUT2D eigenvalue weighted by molar-refractivity contribution is 5.71. The molecule has 0 aromatic heterocycles. The van der Waals surface area contributed by atoms with Gasteiger partial charge in [-0.05, 0) is 27.2 Å². The number of hydrogen-bond acceptors (Lipinski definition) is 7. The van der Waals surface area contributed by atoms with Crippen molar-refractivity contribution in [2.75, 3.05) is 46.2 Å². The first-order valence-electron chi connectivity index (χ1n) is 8.96. The highest BCUT2D eigenvalue weighted by Gasteiger charge is 2.15. The highest BCUT2D eigenvalue weighted by atomic mass is 16.6. The Labute approximate surface area is 151 Å². The second-order valence-corrected chi connectivity index (χ2v) is 6.54. The molecule has 0 bridgehead atoms. The molecule has 7 nitrogen and oxygen atoms in total. The molecule has 7 heteroatoms. The lowest BCUT2D eigenvalue weighted by Crippen LogP contribution is -2.27. The van der Waals surface area contributed by atoms with E-state index in [2.05, 4.69) is 6.92 Å². The van der Waals surface area contributed by atoms with Crippen LogP contribution >= 0.6 is 0 Å². The molecular formula is C18H34O7. The van der Waals surface area contributed by atoms with Gasteiger partial charge in [0.15, 0.2) is 0 Å². The topological polar surface area (TPSA) is 80.3 Å². The third kappa shape index (κ3) is 19.0. The van der Waals surface area contributed by atoms with Crippen molar-refractivity contribution in [3.05, 3.63) is 0 Å². The Bertz CT molecular complexity index is 350. The molecule has 0 amide bonds. The molecule has 0 aliphatic rings. The van der Waals surface area contributed by atoms with Gasteiger partial charge in [0.05, 0.1) is 33.0 Å². The zero-order valence-corrected chi connectivity index (χ0v) is 16.1. The van der Waals surface area contributed by atoms with Crippen molar-refractivity contribution < 1.29 is 33.3 Å². The number of carbonyl (C=O) groups excluding carboxylic acids is 2. The van der Waals surface area contributed by atoms with Crippen molar-refractivity contribution >= 4 is 11.9 Å². The summed E-state index contributed by atoms with van der Waals surface area (Å²) in [6.07, 6.45) is 3.48. The lowest BCUT2D eigenvalue weighted by Gasteiger charge is -2.19. The molecule has 0 aliphatic carbocycles. The highest BCUT2D eigenvalue weighted by Crippen LogP contribution is 2.06. The van der Waals surface area contributed by atoms with Crippen molar-refractivity contribution in [1.82, 2.24) is 0 Å². The van der Waals surface area contributed by atoms with Crippen LogP contribution in [0, 0.1) is 0 Å². The molecular weight excluding hydrogens is 328 g/mol. The van der Waals surface area contributed by atoms with Crippen LogP contribution in [0.3, 0.4) is 0 Å². The van der Waals surface area contributed by atoms with Crippen molar-refractivity contribution in [2.45, 2.75) is 59.0 Å². The van der Waals surface area contributed by atoms with Gasteiger partial charge in [-0.3, -0.25) is 4.79 Å². The largest absolute Gasteiger partial charge is 0.463 e. The van der Waals surface area contributed by atoms with E-state index in [0.29, 0.717) is 39.5 Å². The number of unbranched alkanes of at least 4 members (excludes halogenated alkanes) is 2. The number of hydrogen-bond donors (Lipinski definition) is 0. The van der Waals surface area contributed by atoms with Crippen molar-refractivity contribution in [3.63, 3.8) is 0 Å². The monoisotopic (exact) mass is 362 g/mol. The summed E-state index contributed by atoms with van der Waals surface area (Å²) in [4.78, 5) is 22.7. The molecule has 0 aliphatic heterocycles. The second kappa shape index (κ2) is 15.1. The van der Waals surface area contributed by atoms with Crippen LogP contribution in [0.1, 0.15) is 53.4 Å². The minimum absolute atomic E-state index is 0.0826. The van der Waals surface area contributed by atoms with E-state index >= 15 is 0 Å². The van der Waals surface area contributed by atoms with Crippen LogP contribution in [0.2, 0.25) is 0 Å². The predicted octanol–water partition coefficient (Wildman–Crippen LogP) is 2.50. The summed E-state index contributed by atoms with van der Waals surface area (Å²) in [6.45, 7) is 9.58. The Morgan fingerprint density at radius 1 is 0.760 bits per heavy atom. The number of esters is 2. The second-order valence-electron chi connectivity index (χ2n) is 6.54. The van der Waals surface area contributed by atoms with Crippen LogP contribution < -0.4 is 0 Å². The van der Waals surface area contributed by atoms with Crippen LogP contribution in [0.15, 0.2) is 0 Å². The fraction of sp³-hybridized carbons (Fsp3) is 0.889. The quantitative estimate of drug-likeness (QED) is 0.327. The van der Waals surface area contributed by atoms with E-state index in [1.165, 1.54) is 0 Å². The Kier molecular flexibility index (Phi) is 14.4. The van der Waals surface area contributed by atoms with Crippen molar-refractivity contribution in [2.24, 2.45) is 0 Å². The first-order chi connectivity index (χ1) is 11.8. The van der Waals surface area contributed by atoms with Crippen LogP contribution in [0.4, 0.5) is 0 Å². The molecule has 25 heavy (non-hydrogen) atoms. The van der Waals surface area contributed by atoms with Gasteiger partial charge in [0.2, 0.25) is 0 Å². The summed E-state index contributed by atoms with van der Waals surface area (Å²) in [6, 6.07) is 0. The molecule has 148 valence electrons. The normalized spacial score (nSPS) is 11.4. The minimum Gasteiger partial charge on any atom is -0.463 e. The Balaban J connectivity index is 3.26. The molecule has 0 saturated carbocycles. The van der Waals surface area contributed by atoms with Gasteiger partial charge in [-0.15, -0.1) is 0 Å². The molecule has 0 atom stereocenters. The molecule has 0 N–H and O–H groups in total. The number of ether oxygens (including phenoxy) is 5. The van der Waals surface area contributed by atoms with E-state index < -0.39 is 5.60 Å². The van der Waals surface area contributed by atoms with Gasteiger partial charge in [0, 0.05) is 6.42 Å². The van der Waals surface area contributed by atoms with Crippen LogP contribution in [-0.2, 0) is 33.3 Å². The Hall–Kier alpha value is -1.18. The Morgan fingerprint density at radius 3 is 1.88 bits per heavy atom. The smallest absolute Gasteiger partial charge is 0.332 e. The van der Waals surface area contributed by atoms with Gasteiger partial charge in [0.25, 0.3) is 0 Å².